The average molecular weight is 590 g/mol. The van der Waals surface area contributed by atoms with Crippen molar-refractivity contribution in [3.63, 3.8) is 0 Å². The fraction of sp³-hybridized carbons (Fsp3) is 0.156. The van der Waals surface area contributed by atoms with Crippen LogP contribution < -0.4 is 25.6 Å². The molecule has 0 bridgehead atoms. The highest BCUT2D eigenvalue weighted by Gasteiger charge is 2.30. The molecule has 2 aliphatic heterocycles. The second-order valence-corrected chi connectivity index (χ2v) is 10.1. The van der Waals surface area contributed by atoms with Gasteiger partial charge in [0.15, 0.2) is 0 Å². The van der Waals surface area contributed by atoms with E-state index < -0.39 is 11.8 Å². The lowest BCUT2D eigenvalue weighted by Gasteiger charge is -2.20. The molecule has 12 heteroatoms. The summed E-state index contributed by atoms with van der Waals surface area (Å²) in [6.07, 6.45) is 1.91. The van der Waals surface area contributed by atoms with Crippen molar-refractivity contribution in [1.82, 2.24) is 15.3 Å². The highest BCUT2D eigenvalue weighted by Crippen LogP contribution is 2.32. The lowest BCUT2D eigenvalue weighted by Crippen LogP contribution is -2.24. The quantitative estimate of drug-likeness (QED) is 0.282. The van der Waals surface area contributed by atoms with Gasteiger partial charge >= 0.3 is 0 Å². The normalized spacial score (nSPS) is 12.9. The average Bonchev–Trinajstić information content (AvgIpc) is 3.63. The molecule has 4 aromatic rings. The lowest BCUT2D eigenvalue weighted by molar-refractivity contribution is 0.0961. The van der Waals surface area contributed by atoms with Crippen LogP contribution in [-0.4, -0.2) is 60.5 Å². The van der Waals surface area contributed by atoms with Gasteiger partial charge in [0.25, 0.3) is 23.6 Å². The number of nitrogens with one attached hydrogen (secondary N) is 3. The molecule has 0 saturated carbocycles. The van der Waals surface area contributed by atoms with Gasteiger partial charge in [-0.15, -0.1) is 0 Å². The highest BCUT2D eigenvalue weighted by atomic mass is 16.5. The number of aromatic nitrogens is 2. The fourth-order valence-corrected chi connectivity index (χ4v) is 5.15. The molecule has 3 N–H and O–H groups in total. The smallest absolute Gasteiger partial charge is 0.277 e. The van der Waals surface area contributed by atoms with Crippen molar-refractivity contribution >= 4 is 47.3 Å². The predicted molar refractivity (Wildman–Crippen MR) is 164 cm³/mol. The second-order valence-electron chi connectivity index (χ2n) is 10.1. The third-order valence-electron chi connectivity index (χ3n) is 7.40. The topological polar surface area (TPSA) is 155 Å². The van der Waals surface area contributed by atoms with Gasteiger partial charge in [0, 0.05) is 43.0 Å². The first kappa shape index (κ1) is 28.2. The number of anilines is 3. The standard InChI is InChI=1S/C32H27N7O5/c1-33-29(41)23-5-3-4-6-25(23)35-31(43)26-24-13-14-39(17-18-7-10-21(44-2)11-8-18)27(24)37-32(36-26)38-28(40)19-9-12-22-20(15-19)16-34-30(22)42/h3-12,15-16H,13-14,17H2,1-2H3,(H,33,41)(H,35,43)(H,36,37,38,40). The SMILES string of the molecule is CNC(=O)c1ccccc1NC(=O)c1nc(NC(=O)c2ccc3c(c2)C=NC3=O)nc2c1CCN2Cc1ccc(OC)cc1. The zero-order valence-corrected chi connectivity index (χ0v) is 23.9. The molecule has 0 unspecified atom stereocenters. The Balaban J connectivity index is 1.34. The summed E-state index contributed by atoms with van der Waals surface area (Å²) < 4.78 is 5.27. The Hall–Kier alpha value is -5.91. The molecule has 0 saturated heterocycles. The maximum atomic E-state index is 13.7. The number of amides is 4. The molecule has 12 nitrogen and oxygen atoms in total. The number of nitrogens with zero attached hydrogens (tertiary/aromatic N) is 4. The number of benzene rings is 3. The molecule has 0 radical (unpaired) electrons. The van der Waals surface area contributed by atoms with E-state index in [1.165, 1.54) is 19.3 Å². The molecule has 2 aliphatic rings. The van der Waals surface area contributed by atoms with Gasteiger partial charge in [-0.25, -0.2) is 9.98 Å². The molecule has 0 atom stereocenters. The minimum atomic E-state index is -0.547. The van der Waals surface area contributed by atoms with Crippen LogP contribution in [0.3, 0.4) is 0 Å². The summed E-state index contributed by atoms with van der Waals surface area (Å²) in [6.45, 7) is 1.07. The van der Waals surface area contributed by atoms with Gasteiger partial charge in [-0.2, -0.15) is 4.98 Å². The Morgan fingerprint density at radius 3 is 2.50 bits per heavy atom. The minimum Gasteiger partial charge on any atom is -0.497 e. The van der Waals surface area contributed by atoms with E-state index in [0.717, 1.165) is 11.3 Å². The number of fused-ring (bicyclic) bond motifs is 2. The summed E-state index contributed by atoms with van der Waals surface area (Å²) in [5.41, 5.74) is 3.55. The predicted octanol–water partition coefficient (Wildman–Crippen LogP) is 3.48. The zero-order chi connectivity index (χ0) is 30.8. The maximum Gasteiger partial charge on any atom is 0.277 e. The van der Waals surface area contributed by atoms with Crippen LogP contribution in [0.4, 0.5) is 17.5 Å². The summed E-state index contributed by atoms with van der Waals surface area (Å²) in [6, 6.07) is 18.9. The number of aliphatic imine (C=N–C) groups is 1. The molecule has 220 valence electrons. The maximum absolute atomic E-state index is 13.7. The Morgan fingerprint density at radius 2 is 1.73 bits per heavy atom. The molecule has 0 spiro atoms. The number of hydrogen-bond acceptors (Lipinski definition) is 8. The van der Waals surface area contributed by atoms with Crippen LogP contribution in [0.5, 0.6) is 5.75 Å². The van der Waals surface area contributed by atoms with Crippen LogP contribution in [0.25, 0.3) is 0 Å². The molecule has 3 heterocycles. The molecule has 4 amide bonds. The van der Waals surface area contributed by atoms with Gasteiger partial charge in [0.2, 0.25) is 5.95 Å². The first-order chi connectivity index (χ1) is 21.3. The van der Waals surface area contributed by atoms with E-state index in [1.807, 2.05) is 29.2 Å². The van der Waals surface area contributed by atoms with Gasteiger partial charge in [-0.05, 0) is 54.4 Å². The lowest BCUT2D eigenvalue weighted by atomic mass is 10.1. The minimum absolute atomic E-state index is 0.0645. The third kappa shape index (κ3) is 5.48. The van der Waals surface area contributed by atoms with Gasteiger partial charge in [0.1, 0.15) is 17.3 Å². The summed E-state index contributed by atoms with van der Waals surface area (Å²) in [5, 5.41) is 8.09. The van der Waals surface area contributed by atoms with Crippen LogP contribution in [0.2, 0.25) is 0 Å². The van der Waals surface area contributed by atoms with Crippen LogP contribution in [0.1, 0.15) is 58.3 Å². The number of carbonyl (C=O) groups is 4. The van der Waals surface area contributed by atoms with E-state index in [-0.39, 0.29) is 29.0 Å². The number of ether oxygens (including phenoxy) is 1. The number of rotatable bonds is 8. The third-order valence-corrected chi connectivity index (χ3v) is 7.40. The highest BCUT2D eigenvalue weighted by molar-refractivity contribution is 6.15. The number of para-hydroxylation sites is 1. The van der Waals surface area contributed by atoms with Crippen molar-refractivity contribution in [3.8, 4) is 5.75 Å². The summed E-state index contributed by atoms with van der Waals surface area (Å²) >= 11 is 0. The van der Waals surface area contributed by atoms with Crippen molar-refractivity contribution in [3.05, 3.63) is 106 Å². The molecule has 0 aliphatic carbocycles. The molecule has 0 fully saturated rings. The van der Waals surface area contributed by atoms with Crippen LogP contribution >= 0.6 is 0 Å². The fourth-order valence-electron chi connectivity index (χ4n) is 5.15. The molecule has 1 aromatic heterocycles. The molecule has 3 aromatic carbocycles. The summed E-state index contributed by atoms with van der Waals surface area (Å²) in [7, 11) is 3.12. The van der Waals surface area contributed by atoms with Crippen LogP contribution in [0, 0.1) is 0 Å². The summed E-state index contributed by atoms with van der Waals surface area (Å²) in [4.78, 5) is 66.2. The Kier molecular flexibility index (Phi) is 7.54. The van der Waals surface area contributed by atoms with E-state index >= 15 is 0 Å². The van der Waals surface area contributed by atoms with Gasteiger partial charge in [0.05, 0.1) is 23.9 Å². The van der Waals surface area contributed by atoms with Gasteiger partial charge in [-0.3, -0.25) is 24.5 Å². The van der Waals surface area contributed by atoms with Gasteiger partial charge in [-0.1, -0.05) is 24.3 Å². The Labute approximate surface area is 252 Å². The van der Waals surface area contributed by atoms with E-state index in [1.54, 1.807) is 43.5 Å². The molecule has 6 rings (SSSR count). The first-order valence-electron chi connectivity index (χ1n) is 13.8. The number of hydrogen-bond donors (Lipinski definition) is 3. The summed E-state index contributed by atoms with van der Waals surface area (Å²) in [5.74, 6) is -0.590. The zero-order valence-electron chi connectivity index (χ0n) is 23.9. The van der Waals surface area contributed by atoms with Gasteiger partial charge < -0.3 is 20.3 Å². The van der Waals surface area contributed by atoms with E-state index in [9.17, 15) is 19.2 Å². The molecule has 44 heavy (non-hydrogen) atoms. The molecular weight excluding hydrogens is 562 g/mol. The van der Waals surface area contributed by atoms with Crippen molar-refractivity contribution in [2.24, 2.45) is 4.99 Å². The van der Waals surface area contributed by atoms with E-state index in [2.05, 4.69) is 30.9 Å². The van der Waals surface area contributed by atoms with Crippen molar-refractivity contribution < 1.29 is 23.9 Å². The van der Waals surface area contributed by atoms with E-state index in [4.69, 9.17) is 4.74 Å². The van der Waals surface area contributed by atoms with Crippen LogP contribution in [-0.2, 0) is 13.0 Å². The van der Waals surface area contributed by atoms with Crippen molar-refractivity contribution in [2.75, 3.05) is 36.2 Å². The molecular formula is C32H27N7O5. The Bertz CT molecular complexity index is 1850. The number of methoxy groups -OCH3 is 1. The largest absolute Gasteiger partial charge is 0.497 e. The van der Waals surface area contributed by atoms with Crippen LogP contribution in [0.15, 0.2) is 71.7 Å². The monoisotopic (exact) mass is 589 g/mol. The second kappa shape index (κ2) is 11.8. The Morgan fingerprint density at radius 1 is 0.932 bits per heavy atom. The first-order valence-corrected chi connectivity index (χ1v) is 13.8. The number of carbonyl (C=O) groups excluding carboxylic acids is 4. The van der Waals surface area contributed by atoms with Crippen molar-refractivity contribution in [2.45, 2.75) is 13.0 Å². The van der Waals surface area contributed by atoms with E-state index in [0.29, 0.717) is 53.3 Å². The van der Waals surface area contributed by atoms with Crippen molar-refractivity contribution in [1.29, 1.82) is 0 Å².